The Hall–Kier alpha value is -3.06. The molecule has 0 aliphatic heterocycles. The van der Waals surface area contributed by atoms with Gasteiger partial charge in [-0.05, 0) is 36.6 Å². The van der Waals surface area contributed by atoms with E-state index in [-0.39, 0.29) is 5.91 Å². The number of aromatic nitrogens is 3. The largest absolute Gasteiger partial charge is 0.335 e. The van der Waals surface area contributed by atoms with E-state index in [0.29, 0.717) is 33.9 Å². The Morgan fingerprint density at radius 3 is 2.92 bits per heavy atom. The summed E-state index contributed by atoms with van der Waals surface area (Å²) in [5.74, 6) is 0.212. The molecule has 0 radical (unpaired) electrons. The van der Waals surface area contributed by atoms with Gasteiger partial charge in [-0.3, -0.25) is 4.79 Å². The topological polar surface area (TPSA) is 80.9 Å². The molecule has 1 N–H and O–H groups in total. The van der Waals surface area contributed by atoms with Gasteiger partial charge in [-0.1, -0.05) is 17.3 Å². The van der Waals surface area contributed by atoms with Gasteiger partial charge in [-0.2, -0.15) is 0 Å². The molecule has 0 spiro atoms. The van der Waals surface area contributed by atoms with Crippen LogP contribution in [-0.2, 0) is 0 Å². The van der Waals surface area contributed by atoms with E-state index in [9.17, 15) is 4.79 Å². The summed E-state index contributed by atoms with van der Waals surface area (Å²) < 4.78 is 5.28. The van der Waals surface area contributed by atoms with Gasteiger partial charge in [0.2, 0.25) is 0 Å². The SMILES string of the molecule is Cc1noc2nc(-c3cccs3)cc(C(=O)Nc3ccccn3)c12. The van der Waals surface area contributed by atoms with Gasteiger partial charge in [-0.25, -0.2) is 9.97 Å². The van der Waals surface area contributed by atoms with Crippen LogP contribution in [0.15, 0.2) is 52.5 Å². The number of aryl methyl sites for hydroxylation is 1. The summed E-state index contributed by atoms with van der Waals surface area (Å²) in [5.41, 5.74) is 2.12. The van der Waals surface area contributed by atoms with Gasteiger partial charge in [0.15, 0.2) is 0 Å². The second-order valence-corrected chi connectivity index (χ2v) is 6.10. The molecule has 4 heterocycles. The molecule has 0 unspecified atom stereocenters. The normalized spacial score (nSPS) is 10.9. The molecular formula is C17H12N4O2S. The van der Waals surface area contributed by atoms with E-state index in [1.54, 1.807) is 42.7 Å². The van der Waals surface area contributed by atoms with Gasteiger partial charge in [0, 0.05) is 6.20 Å². The second-order valence-electron chi connectivity index (χ2n) is 5.15. The first-order chi connectivity index (χ1) is 11.7. The van der Waals surface area contributed by atoms with E-state index < -0.39 is 0 Å². The molecule has 0 aromatic carbocycles. The lowest BCUT2D eigenvalue weighted by Gasteiger charge is -2.07. The summed E-state index contributed by atoms with van der Waals surface area (Å²) in [6.07, 6.45) is 1.62. The van der Waals surface area contributed by atoms with Gasteiger partial charge in [0.25, 0.3) is 11.6 Å². The summed E-state index contributed by atoms with van der Waals surface area (Å²) in [6, 6.07) is 11.0. The first-order valence-corrected chi connectivity index (χ1v) is 8.13. The summed E-state index contributed by atoms with van der Waals surface area (Å²) in [6.45, 7) is 1.79. The highest BCUT2D eigenvalue weighted by molar-refractivity contribution is 7.13. The van der Waals surface area contributed by atoms with E-state index in [0.717, 1.165) is 4.88 Å². The van der Waals surface area contributed by atoms with Gasteiger partial charge in [0.1, 0.15) is 5.82 Å². The molecule has 6 nitrogen and oxygen atoms in total. The zero-order valence-electron chi connectivity index (χ0n) is 12.7. The quantitative estimate of drug-likeness (QED) is 0.613. The predicted octanol–water partition coefficient (Wildman–Crippen LogP) is 3.91. The number of nitrogens with one attached hydrogen (secondary N) is 1. The van der Waals surface area contributed by atoms with Crippen molar-refractivity contribution in [3.8, 4) is 10.6 Å². The van der Waals surface area contributed by atoms with Crippen molar-refractivity contribution >= 4 is 34.2 Å². The molecule has 0 fully saturated rings. The highest BCUT2D eigenvalue weighted by Crippen LogP contribution is 2.29. The van der Waals surface area contributed by atoms with Gasteiger partial charge >= 0.3 is 0 Å². The monoisotopic (exact) mass is 336 g/mol. The van der Waals surface area contributed by atoms with Crippen molar-refractivity contribution in [2.24, 2.45) is 0 Å². The first kappa shape index (κ1) is 14.5. The minimum absolute atomic E-state index is 0.273. The van der Waals surface area contributed by atoms with Gasteiger partial charge < -0.3 is 9.84 Å². The number of rotatable bonds is 3. The van der Waals surface area contributed by atoms with Crippen molar-refractivity contribution in [2.45, 2.75) is 6.92 Å². The first-order valence-electron chi connectivity index (χ1n) is 7.25. The van der Waals surface area contributed by atoms with Gasteiger partial charge in [0.05, 0.1) is 27.2 Å². The molecule has 4 rings (SSSR count). The smallest absolute Gasteiger partial charge is 0.259 e. The van der Waals surface area contributed by atoms with Crippen LogP contribution in [0.1, 0.15) is 16.1 Å². The molecule has 0 bridgehead atoms. The lowest BCUT2D eigenvalue weighted by atomic mass is 10.1. The minimum Gasteiger partial charge on any atom is -0.335 e. The number of anilines is 1. The van der Waals surface area contributed by atoms with Crippen LogP contribution in [0.2, 0.25) is 0 Å². The fourth-order valence-electron chi connectivity index (χ4n) is 2.44. The standard InChI is InChI=1S/C17H12N4O2S/c1-10-15-11(16(22)20-14-6-2-3-7-18-14)9-12(13-5-4-8-24-13)19-17(15)23-21-10/h2-9H,1H3,(H,18,20,22). The Balaban J connectivity index is 1.83. The Morgan fingerprint density at radius 2 is 2.17 bits per heavy atom. The molecule has 0 aliphatic carbocycles. The molecule has 0 aliphatic rings. The highest BCUT2D eigenvalue weighted by Gasteiger charge is 2.20. The number of carbonyl (C=O) groups excluding carboxylic acids is 1. The van der Waals surface area contributed by atoms with E-state index >= 15 is 0 Å². The summed E-state index contributed by atoms with van der Waals surface area (Å²) >= 11 is 1.55. The predicted molar refractivity (Wildman–Crippen MR) is 92.0 cm³/mol. The van der Waals surface area contributed by atoms with Crippen molar-refractivity contribution in [3.05, 3.63) is 59.2 Å². The summed E-state index contributed by atoms with van der Waals surface area (Å²) in [7, 11) is 0. The molecule has 0 saturated heterocycles. The van der Waals surface area contributed by atoms with E-state index in [2.05, 4.69) is 20.4 Å². The number of thiophene rings is 1. The lowest BCUT2D eigenvalue weighted by Crippen LogP contribution is -2.13. The van der Waals surface area contributed by atoms with Crippen LogP contribution < -0.4 is 5.32 Å². The van der Waals surface area contributed by atoms with Crippen LogP contribution in [0.25, 0.3) is 21.7 Å². The van der Waals surface area contributed by atoms with Crippen LogP contribution in [-0.4, -0.2) is 21.0 Å². The fourth-order valence-corrected chi connectivity index (χ4v) is 3.13. The molecule has 0 atom stereocenters. The zero-order chi connectivity index (χ0) is 16.5. The molecule has 0 saturated carbocycles. The van der Waals surface area contributed by atoms with Crippen LogP contribution in [0, 0.1) is 6.92 Å². The number of amides is 1. The second kappa shape index (κ2) is 5.86. The van der Waals surface area contributed by atoms with Crippen LogP contribution in [0.5, 0.6) is 0 Å². The maximum Gasteiger partial charge on any atom is 0.259 e. The maximum atomic E-state index is 12.8. The molecule has 118 valence electrons. The molecule has 4 aromatic heterocycles. The number of pyridine rings is 2. The molecular weight excluding hydrogens is 324 g/mol. The van der Waals surface area contributed by atoms with Gasteiger partial charge in [-0.15, -0.1) is 11.3 Å². The number of hydrogen-bond acceptors (Lipinski definition) is 6. The number of fused-ring (bicyclic) bond motifs is 1. The molecule has 24 heavy (non-hydrogen) atoms. The van der Waals surface area contributed by atoms with Crippen molar-refractivity contribution in [1.82, 2.24) is 15.1 Å². The third kappa shape index (κ3) is 2.55. The Kier molecular flexibility index (Phi) is 3.55. The lowest BCUT2D eigenvalue weighted by molar-refractivity contribution is 0.102. The number of nitrogens with zero attached hydrogens (tertiary/aromatic N) is 3. The molecule has 4 aromatic rings. The fraction of sp³-hybridized carbons (Fsp3) is 0.0588. The van der Waals surface area contributed by atoms with E-state index in [4.69, 9.17) is 4.52 Å². The minimum atomic E-state index is -0.273. The summed E-state index contributed by atoms with van der Waals surface area (Å²) in [5, 5.41) is 9.31. The zero-order valence-corrected chi connectivity index (χ0v) is 13.5. The van der Waals surface area contributed by atoms with E-state index in [1.165, 1.54) is 0 Å². The number of hydrogen-bond donors (Lipinski definition) is 1. The van der Waals surface area contributed by atoms with Crippen molar-refractivity contribution in [3.63, 3.8) is 0 Å². The Labute approximate surface area is 141 Å². The average molecular weight is 336 g/mol. The van der Waals surface area contributed by atoms with Crippen LogP contribution in [0.4, 0.5) is 5.82 Å². The van der Waals surface area contributed by atoms with Crippen LogP contribution in [0.3, 0.4) is 0 Å². The van der Waals surface area contributed by atoms with Crippen molar-refractivity contribution in [1.29, 1.82) is 0 Å². The molecule has 7 heteroatoms. The summed E-state index contributed by atoms with van der Waals surface area (Å²) in [4.78, 5) is 22.3. The third-order valence-electron chi connectivity index (χ3n) is 3.54. The highest BCUT2D eigenvalue weighted by atomic mass is 32.1. The maximum absolute atomic E-state index is 12.8. The Morgan fingerprint density at radius 1 is 1.25 bits per heavy atom. The van der Waals surface area contributed by atoms with Crippen LogP contribution >= 0.6 is 11.3 Å². The third-order valence-corrected chi connectivity index (χ3v) is 4.43. The number of carbonyl (C=O) groups is 1. The molecule has 1 amide bonds. The average Bonchev–Trinajstić information content (AvgIpc) is 3.25. The van der Waals surface area contributed by atoms with E-state index in [1.807, 2.05) is 23.6 Å². The van der Waals surface area contributed by atoms with Crippen molar-refractivity contribution < 1.29 is 9.32 Å². The van der Waals surface area contributed by atoms with Crippen molar-refractivity contribution in [2.75, 3.05) is 5.32 Å². The Bertz CT molecular complexity index is 1010.